The topological polar surface area (TPSA) is 56.6 Å². The predicted molar refractivity (Wildman–Crippen MR) is 53.0 cm³/mol. The van der Waals surface area contributed by atoms with Crippen LogP contribution in [0.2, 0.25) is 0 Å². The largest absolute Gasteiger partial charge is 0.325 e. The van der Waals surface area contributed by atoms with E-state index in [1.54, 1.807) is 6.07 Å². The Hall–Kier alpha value is -1.56. The van der Waals surface area contributed by atoms with Crippen LogP contribution in [0.4, 0.5) is 0 Å². The van der Waals surface area contributed by atoms with Crippen LogP contribution in [-0.4, -0.2) is 4.98 Å². The number of nitriles is 1. The highest BCUT2D eigenvalue weighted by Crippen LogP contribution is 2.22. The van der Waals surface area contributed by atoms with Crippen molar-refractivity contribution in [2.24, 2.45) is 5.92 Å². The highest BCUT2D eigenvalue weighted by Gasteiger charge is 2.17. The number of nitrogens with one attached hydrogen (secondary N) is 1. The maximum atomic E-state index is 11.3. The molecule has 3 heteroatoms. The fourth-order valence-electron chi connectivity index (χ4n) is 1.97. The monoisotopic (exact) mass is 188 g/mol. The Labute approximate surface area is 82.4 Å². The molecule has 1 aromatic heterocycles. The van der Waals surface area contributed by atoms with Crippen molar-refractivity contribution in [1.29, 1.82) is 5.26 Å². The first kappa shape index (κ1) is 9.01. The van der Waals surface area contributed by atoms with Crippen molar-refractivity contribution in [2.45, 2.75) is 26.2 Å². The number of aromatic amines is 1. The molecular weight excluding hydrogens is 176 g/mol. The van der Waals surface area contributed by atoms with Crippen LogP contribution in [0.3, 0.4) is 0 Å². The minimum absolute atomic E-state index is 0.234. The van der Waals surface area contributed by atoms with Gasteiger partial charge in [-0.25, -0.2) is 0 Å². The summed E-state index contributed by atoms with van der Waals surface area (Å²) in [6.45, 7) is 2.19. The lowest BCUT2D eigenvalue weighted by Gasteiger charge is -2.20. The molecular formula is C11H12N2O. The zero-order valence-corrected chi connectivity index (χ0v) is 8.13. The van der Waals surface area contributed by atoms with Gasteiger partial charge in [0.05, 0.1) is 0 Å². The number of hydrogen-bond donors (Lipinski definition) is 1. The molecule has 1 heterocycles. The number of aromatic nitrogens is 1. The number of hydrogen-bond acceptors (Lipinski definition) is 2. The van der Waals surface area contributed by atoms with Gasteiger partial charge in [-0.3, -0.25) is 4.79 Å². The molecule has 3 nitrogen and oxygen atoms in total. The summed E-state index contributed by atoms with van der Waals surface area (Å²) < 4.78 is 0. The molecule has 1 unspecified atom stereocenters. The predicted octanol–water partition coefficient (Wildman–Crippen LogP) is 1.37. The quantitative estimate of drug-likeness (QED) is 0.668. The van der Waals surface area contributed by atoms with Gasteiger partial charge in [-0.15, -0.1) is 0 Å². The first-order valence-electron chi connectivity index (χ1n) is 4.86. The van der Waals surface area contributed by atoms with Crippen LogP contribution in [0.1, 0.15) is 30.2 Å². The Morgan fingerprint density at radius 2 is 2.43 bits per heavy atom. The van der Waals surface area contributed by atoms with E-state index in [1.807, 2.05) is 6.07 Å². The molecule has 1 N–H and O–H groups in total. The molecule has 14 heavy (non-hydrogen) atoms. The maximum absolute atomic E-state index is 11.3. The number of nitrogens with zero attached hydrogens (tertiary/aromatic N) is 1. The van der Waals surface area contributed by atoms with Gasteiger partial charge < -0.3 is 4.98 Å². The highest BCUT2D eigenvalue weighted by molar-refractivity contribution is 5.34. The zero-order chi connectivity index (χ0) is 10.1. The second-order valence-electron chi connectivity index (χ2n) is 3.98. The Morgan fingerprint density at radius 1 is 1.64 bits per heavy atom. The Kier molecular flexibility index (Phi) is 2.12. The van der Waals surface area contributed by atoms with Crippen LogP contribution < -0.4 is 5.56 Å². The minimum atomic E-state index is -0.249. The van der Waals surface area contributed by atoms with Gasteiger partial charge in [0.25, 0.3) is 5.56 Å². The van der Waals surface area contributed by atoms with Gasteiger partial charge in [0.15, 0.2) is 0 Å². The van der Waals surface area contributed by atoms with Crippen LogP contribution in [0.25, 0.3) is 0 Å². The maximum Gasteiger partial charge on any atom is 0.266 e. The molecule has 1 aromatic rings. The van der Waals surface area contributed by atoms with Crippen molar-refractivity contribution >= 4 is 0 Å². The van der Waals surface area contributed by atoms with E-state index < -0.39 is 0 Å². The second kappa shape index (κ2) is 3.30. The molecule has 72 valence electrons. The van der Waals surface area contributed by atoms with E-state index in [0.29, 0.717) is 5.92 Å². The van der Waals surface area contributed by atoms with Gasteiger partial charge in [0.1, 0.15) is 11.6 Å². The van der Waals surface area contributed by atoms with Crippen molar-refractivity contribution < 1.29 is 0 Å². The SMILES string of the molecule is CC1CCc2[nH]c(=O)c(C#N)cc2C1. The Balaban J connectivity index is 2.53. The molecule has 0 bridgehead atoms. The third-order valence-corrected chi connectivity index (χ3v) is 2.79. The number of H-pyrrole nitrogens is 1. The standard InChI is InChI=1S/C11H12N2O/c1-7-2-3-10-8(4-7)5-9(6-12)11(14)13-10/h5,7H,2-4H2,1H3,(H,13,14). The molecule has 0 fully saturated rings. The van der Waals surface area contributed by atoms with E-state index in [4.69, 9.17) is 5.26 Å². The lowest BCUT2D eigenvalue weighted by Crippen LogP contribution is -2.20. The molecule has 1 atom stereocenters. The summed E-state index contributed by atoms with van der Waals surface area (Å²) in [5, 5.41) is 8.72. The van der Waals surface area contributed by atoms with E-state index in [2.05, 4.69) is 11.9 Å². The zero-order valence-electron chi connectivity index (χ0n) is 8.13. The molecule has 0 spiro atoms. The van der Waals surface area contributed by atoms with Gasteiger partial charge >= 0.3 is 0 Å². The molecule has 0 aliphatic heterocycles. The molecule has 0 radical (unpaired) electrons. The van der Waals surface area contributed by atoms with Crippen LogP contribution in [0.15, 0.2) is 10.9 Å². The second-order valence-corrected chi connectivity index (χ2v) is 3.98. The fraction of sp³-hybridized carbons (Fsp3) is 0.455. The summed E-state index contributed by atoms with van der Waals surface area (Å²) in [5.74, 6) is 0.653. The van der Waals surface area contributed by atoms with Crippen molar-refractivity contribution in [2.75, 3.05) is 0 Å². The number of rotatable bonds is 0. The Morgan fingerprint density at radius 3 is 3.14 bits per heavy atom. The summed E-state index contributed by atoms with van der Waals surface area (Å²) >= 11 is 0. The summed E-state index contributed by atoms with van der Waals surface area (Å²) in [6.07, 6.45) is 3.02. The van der Waals surface area contributed by atoms with Gasteiger partial charge in [0.2, 0.25) is 0 Å². The van der Waals surface area contributed by atoms with E-state index in [1.165, 1.54) is 0 Å². The molecule has 2 rings (SSSR count). The van der Waals surface area contributed by atoms with Gasteiger partial charge in [-0.2, -0.15) is 5.26 Å². The highest BCUT2D eigenvalue weighted by atomic mass is 16.1. The van der Waals surface area contributed by atoms with E-state index in [0.717, 1.165) is 30.5 Å². The normalized spacial score (nSPS) is 19.9. The van der Waals surface area contributed by atoms with Crippen LogP contribution in [-0.2, 0) is 12.8 Å². The van der Waals surface area contributed by atoms with Crippen LogP contribution in [0.5, 0.6) is 0 Å². The summed E-state index contributed by atoms with van der Waals surface area (Å²) in [4.78, 5) is 14.1. The summed E-state index contributed by atoms with van der Waals surface area (Å²) in [7, 11) is 0. The molecule has 0 saturated carbocycles. The fourth-order valence-corrected chi connectivity index (χ4v) is 1.97. The smallest absolute Gasteiger partial charge is 0.266 e. The lowest BCUT2D eigenvalue weighted by atomic mass is 9.87. The minimum Gasteiger partial charge on any atom is -0.325 e. The average Bonchev–Trinajstić information content (AvgIpc) is 2.17. The van der Waals surface area contributed by atoms with Gasteiger partial charge in [0, 0.05) is 5.69 Å². The molecule has 0 amide bonds. The third-order valence-electron chi connectivity index (χ3n) is 2.79. The number of aryl methyl sites for hydroxylation is 1. The molecule has 1 aliphatic rings. The molecule has 0 aromatic carbocycles. The van der Waals surface area contributed by atoms with E-state index >= 15 is 0 Å². The number of pyridine rings is 1. The number of fused-ring (bicyclic) bond motifs is 1. The van der Waals surface area contributed by atoms with Crippen molar-refractivity contribution in [3.63, 3.8) is 0 Å². The first-order valence-corrected chi connectivity index (χ1v) is 4.86. The first-order chi connectivity index (χ1) is 6.70. The van der Waals surface area contributed by atoms with E-state index in [9.17, 15) is 4.79 Å². The third kappa shape index (κ3) is 1.44. The molecule has 0 saturated heterocycles. The van der Waals surface area contributed by atoms with Gasteiger partial charge in [-0.1, -0.05) is 6.92 Å². The van der Waals surface area contributed by atoms with Crippen molar-refractivity contribution in [3.8, 4) is 6.07 Å². The van der Waals surface area contributed by atoms with Crippen molar-refractivity contribution in [3.05, 3.63) is 33.2 Å². The summed E-state index contributed by atoms with van der Waals surface area (Å²) in [5.41, 5.74) is 2.14. The average molecular weight is 188 g/mol. The van der Waals surface area contributed by atoms with E-state index in [-0.39, 0.29) is 11.1 Å². The van der Waals surface area contributed by atoms with Crippen LogP contribution >= 0.6 is 0 Å². The summed E-state index contributed by atoms with van der Waals surface area (Å²) in [6, 6.07) is 3.66. The van der Waals surface area contributed by atoms with Crippen molar-refractivity contribution in [1.82, 2.24) is 4.98 Å². The van der Waals surface area contributed by atoms with Gasteiger partial charge in [-0.05, 0) is 36.8 Å². The molecule has 1 aliphatic carbocycles. The van der Waals surface area contributed by atoms with Crippen LogP contribution in [0, 0.1) is 17.2 Å². The Bertz CT molecular complexity index is 453. The lowest BCUT2D eigenvalue weighted by molar-refractivity contribution is 0.493.